The SMILES string of the molecule is CCCCCCCCCCCC(=O)N(CCCO)C(C)C(=O)O.OCCN(CCO)CCO. The Kier molecular flexibility index (Phi) is 26.1. The number of hydrogen-bond acceptors (Lipinski definition) is 7. The summed E-state index contributed by atoms with van der Waals surface area (Å²) in [4.78, 5) is 26.4. The Bertz CT molecular complexity index is 438. The molecule has 1 atom stereocenters. The molecule has 0 fully saturated rings. The highest BCUT2D eigenvalue weighted by Crippen LogP contribution is 2.12. The molecule has 9 heteroatoms. The molecule has 1 amide bonds. The molecule has 0 rings (SSSR count). The molecule has 0 saturated carbocycles. The maximum absolute atomic E-state index is 12.2. The maximum Gasteiger partial charge on any atom is 0.326 e. The number of amides is 1. The minimum Gasteiger partial charge on any atom is -0.480 e. The van der Waals surface area contributed by atoms with Gasteiger partial charge in [-0.3, -0.25) is 9.69 Å². The number of carbonyl (C=O) groups is 2. The first-order valence-electron chi connectivity index (χ1n) is 12.6. The molecule has 0 heterocycles. The predicted molar refractivity (Wildman–Crippen MR) is 130 cm³/mol. The van der Waals surface area contributed by atoms with Crippen LogP contribution >= 0.6 is 0 Å². The standard InChI is InChI=1S/C18H35NO4.C6H15NO3/c1-3-4-5-6-7-8-9-10-11-13-17(21)19(14-12-15-20)16(2)18(22)23;8-4-1-7(2-5-9)3-6-10/h16,20H,3-15H2,1-2H3,(H,22,23);8-10H,1-6H2. The van der Waals surface area contributed by atoms with Crippen LogP contribution in [0.1, 0.15) is 84.5 Å². The third kappa shape index (κ3) is 21.0. The molecule has 33 heavy (non-hydrogen) atoms. The maximum atomic E-state index is 12.2. The van der Waals surface area contributed by atoms with Crippen molar-refractivity contribution in [1.82, 2.24) is 9.80 Å². The number of rotatable bonds is 21. The summed E-state index contributed by atoms with van der Waals surface area (Å²) in [5.41, 5.74) is 0. The Morgan fingerprint density at radius 3 is 1.52 bits per heavy atom. The second-order valence-corrected chi connectivity index (χ2v) is 8.27. The highest BCUT2D eigenvalue weighted by Gasteiger charge is 2.24. The van der Waals surface area contributed by atoms with Crippen LogP contribution in [0, 0.1) is 0 Å². The molecule has 0 aromatic carbocycles. The van der Waals surface area contributed by atoms with E-state index in [4.69, 9.17) is 25.5 Å². The summed E-state index contributed by atoms with van der Waals surface area (Å²) in [6, 6.07) is -0.826. The van der Waals surface area contributed by atoms with Crippen LogP contribution in [0.4, 0.5) is 0 Å². The predicted octanol–water partition coefficient (Wildman–Crippen LogP) is 1.86. The summed E-state index contributed by atoms with van der Waals surface area (Å²) in [5, 5.41) is 43.4. The fraction of sp³-hybridized carbons (Fsp3) is 0.917. The number of aliphatic hydroxyl groups excluding tert-OH is 4. The topological polar surface area (TPSA) is 142 Å². The molecule has 0 aliphatic carbocycles. The smallest absolute Gasteiger partial charge is 0.326 e. The van der Waals surface area contributed by atoms with Crippen molar-refractivity contribution < 1.29 is 35.1 Å². The third-order valence-electron chi connectivity index (χ3n) is 5.45. The highest BCUT2D eigenvalue weighted by atomic mass is 16.4. The van der Waals surface area contributed by atoms with Crippen molar-refractivity contribution in [2.24, 2.45) is 0 Å². The summed E-state index contributed by atoms with van der Waals surface area (Å²) in [6.07, 6.45) is 11.5. The average Bonchev–Trinajstić information content (AvgIpc) is 2.79. The second kappa shape index (κ2) is 25.4. The summed E-state index contributed by atoms with van der Waals surface area (Å²) in [6.45, 7) is 5.76. The van der Waals surface area contributed by atoms with E-state index in [1.807, 2.05) is 0 Å². The van der Waals surface area contributed by atoms with Gasteiger partial charge in [-0.15, -0.1) is 0 Å². The van der Waals surface area contributed by atoms with E-state index in [2.05, 4.69) is 6.92 Å². The molecule has 0 aromatic rings. The van der Waals surface area contributed by atoms with Crippen LogP contribution in [0.2, 0.25) is 0 Å². The van der Waals surface area contributed by atoms with Gasteiger partial charge in [0.1, 0.15) is 6.04 Å². The Morgan fingerprint density at radius 2 is 1.12 bits per heavy atom. The molecular formula is C24H50N2O7. The largest absolute Gasteiger partial charge is 0.480 e. The van der Waals surface area contributed by atoms with Crippen LogP contribution in [0.15, 0.2) is 0 Å². The van der Waals surface area contributed by atoms with E-state index in [0.29, 0.717) is 39.0 Å². The van der Waals surface area contributed by atoms with Gasteiger partial charge in [-0.05, 0) is 19.8 Å². The normalized spacial score (nSPS) is 11.7. The molecular weight excluding hydrogens is 428 g/mol. The van der Waals surface area contributed by atoms with E-state index in [0.717, 1.165) is 19.3 Å². The number of unbranched alkanes of at least 4 members (excludes halogenated alkanes) is 8. The number of aliphatic hydroxyl groups is 4. The van der Waals surface area contributed by atoms with Crippen molar-refractivity contribution >= 4 is 11.9 Å². The van der Waals surface area contributed by atoms with Gasteiger partial charge in [0.15, 0.2) is 0 Å². The van der Waals surface area contributed by atoms with Crippen molar-refractivity contribution in [2.75, 3.05) is 52.6 Å². The lowest BCUT2D eigenvalue weighted by Gasteiger charge is -2.26. The van der Waals surface area contributed by atoms with Crippen LogP contribution < -0.4 is 0 Å². The van der Waals surface area contributed by atoms with E-state index in [1.165, 1.54) is 50.3 Å². The number of carboxylic acids is 1. The van der Waals surface area contributed by atoms with Gasteiger partial charge in [-0.2, -0.15) is 0 Å². The lowest BCUT2D eigenvalue weighted by Crippen LogP contribution is -2.43. The van der Waals surface area contributed by atoms with Gasteiger partial charge in [-0.25, -0.2) is 4.79 Å². The molecule has 5 N–H and O–H groups in total. The number of hydrogen-bond donors (Lipinski definition) is 5. The van der Waals surface area contributed by atoms with Crippen LogP contribution in [-0.2, 0) is 9.59 Å². The van der Waals surface area contributed by atoms with Gasteiger partial charge >= 0.3 is 5.97 Å². The lowest BCUT2D eigenvalue weighted by atomic mass is 10.1. The first-order valence-corrected chi connectivity index (χ1v) is 12.6. The second-order valence-electron chi connectivity index (χ2n) is 8.27. The van der Waals surface area contributed by atoms with Crippen molar-refractivity contribution in [2.45, 2.75) is 90.5 Å². The summed E-state index contributed by atoms with van der Waals surface area (Å²) in [7, 11) is 0. The van der Waals surface area contributed by atoms with Gasteiger partial charge in [0.25, 0.3) is 0 Å². The quantitative estimate of drug-likeness (QED) is 0.157. The molecule has 198 valence electrons. The number of carbonyl (C=O) groups excluding carboxylic acids is 1. The Morgan fingerprint density at radius 1 is 0.667 bits per heavy atom. The molecule has 0 aromatic heterocycles. The molecule has 0 saturated heterocycles. The van der Waals surface area contributed by atoms with E-state index in [-0.39, 0.29) is 32.3 Å². The minimum atomic E-state index is -0.997. The monoisotopic (exact) mass is 478 g/mol. The zero-order valence-electron chi connectivity index (χ0n) is 21.0. The van der Waals surface area contributed by atoms with Gasteiger partial charge in [-0.1, -0.05) is 58.3 Å². The van der Waals surface area contributed by atoms with Crippen LogP contribution in [0.5, 0.6) is 0 Å². The third-order valence-corrected chi connectivity index (χ3v) is 5.45. The fourth-order valence-electron chi connectivity index (χ4n) is 3.40. The zero-order valence-corrected chi connectivity index (χ0v) is 21.0. The van der Waals surface area contributed by atoms with E-state index >= 15 is 0 Å². The summed E-state index contributed by atoms with van der Waals surface area (Å²) in [5.74, 6) is -1.11. The van der Waals surface area contributed by atoms with Gasteiger partial charge in [0, 0.05) is 39.2 Å². The van der Waals surface area contributed by atoms with Crippen molar-refractivity contribution in [3.8, 4) is 0 Å². The first kappa shape index (κ1) is 33.9. The average molecular weight is 479 g/mol. The Labute approximate surface area is 200 Å². The number of carboxylic acid groups (broad SMARTS) is 1. The van der Waals surface area contributed by atoms with Gasteiger partial charge in [0.05, 0.1) is 19.8 Å². The fourth-order valence-corrected chi connectivity index (χ4v) is 3.40. The molecule has 1 unspecified atom stereocenters. The van der Waals surface area contributed by atoms with E-state index < -0.39 is 12.0 Å². The van der Waals surface area contributed by atoms with Crippen molar-refractivity contribution in [1.29, 1.82) is 0 Å². The molecule has 0 aliphatic heterocycles. The Hall–Kier alpha value is -1.26. The van der Waals surface area contributed by atoms with Crippen molar-refractivity contribution in [3.05, 3.63) is 0 Å². The van der Waals surface area contributed by atoms with Crippen molar-refractivity contribution in [3.63, 3.8) is 0 Å². The molecule has 0 radical (unpaired) electrons. The van der Waals surface area contributed by atoms with Gasteiger partial charge in [0.2, 0.25) is 5.91 Å². The van der Waals surface area contributed by atoms with Crippen LogP contribution in [-0.4, -0.2) is 106 Å². The van der Waals surface area contributed by atoms with E-state index in [1.54, 1.807) is 4.90 Å². The first-order chi connectivity index (χ1) is 15.9. The Balaban J connectivity index is 0. The van der Waals surface area contributed by atoms with Crippen LogP contribution in [0.3, 0.4) is 0 Å². The van der Waals surface area contributed by atoms with Crippen LogP contribution in [0.25, 0.3) is 0 Å². The number of nitrogens with zero attached hydrogens (tertiary/aromatic N) is 2. The highest BCUT2D eigenvalue weighted by molar-refractivity contribution is 5.83. The molecule has 0 aliphatic rings. The summed E-state index contributed by atoms with van der Waals surface area (Å²) < 4.78 is 0. The molecule has 0 bridgehead atoms. The van der Waals surface area contributed by atoms with E-state index in [9.17, 15) is 9.59 Å². The lowest BCUT2D eigenvalue weighted by molar-refractivity contribution is -0.149. The molecule has 9 nitrogen and oxygen atoms in total. The zero-order chi connectivity index (χ0) is 25.3. The van der Waals surface area contributed by atoms with Gasteiger partial charge < -0.3 is 30.4 Å². The minimum absolute atomic E-state index is 0.0336. The molecule has 0 spiro atoms. The number of aliphatic carboxylic acids is 1. The summed E-state index contributed by atoms with van der Waals surface area (Å²) >= 11 is 0.